The van der Waals surface area contributed by atoms with Crippen molar-refractivity contribution in [2.24, 2.45) is 0 Å². The van der Waals surface area contributed by atoms with E-state index in [1.807, 2.05) is 12.1 Å². The van der Waals surface area contributed by atoms with Gasteiger partial charge in [0.2, 0.25) is 5.88 Å². The predicted molar refractivity (Wildman–Crippen MR) is 70.6 cm³/mol. The molecule has 1 N–H and O–H groups in total. The van der Waals surface area contributed by atoms with E-state index in [9.17, 15) is 0 Å². The first-order valence-corrected chi connectivity index (χ1v) is 6.57. The monoisotopic (exact) mass is 250 g/mol. The van der Waals surface area contributed by atoms with Crippen LogP contribution in [0.2, 0.25) is 0 Å². The number of aromatic nitrogens is 2. The average molecular weight is 250 g/mol. The molecular formula is C13H22N4O. The highest BCUT2D eigenvalue weighted by Gasteiger charge is 2.20. The Morgan fingerprint density at radius 2 is 2.17 bits per heavy atom. The van der Waals surface area contributed by atoms with Crippen LogP contribution in [0.3, 0.4) is 0 Å². The Hall–Kier alpha value is -1.20. The zero-order valence-corrected chi connectivity index (χ0v) is 11.2. The van der Waals surface area contributed by atoms with Crippen LogP contribution in [0.1, 0.15) is 25.0 Å². The summed E-state index contributed by atoms with van der Waals surface area (Å²) in [7, 11) is 4.11. The van der Waals surface area contributed by atoms with Crippen molar-refractivity contribution in [1.82, 2.24) is 20.4 Å². The third-order valence-electron chi connectivity index (χ3n) is 2.84. The lowest BCUT2D eigenvalue weighted by molar-refractivity contribution is 0.270. The summed E-state index contributed by atoms with van der Waals surface area (Å²) in [6.07, 6.45) is 3.58. The number of nitrogens with one attached hydrogen (secondary N) is 1. The lowest BCUT2D eigenvalue weighted by Gasteiger charge is -2.09. The Morgan fingerprint density at radius 3 is 2.78 bits per heavy atom. The topological polar surface area (TPSA) is 50.3 Å². The highest BCUT2D eigenvalue weighted by Crippen LogP contribution is 2.19. The van der Waals surface area contributed by atoms with Crippen molar-refractivity contribution in [2.75, 3.05) is 27.2 Å². The minimum atomic E-state index is 0.615. The van der Waals surface area contributed by atoms with Crippen LogP contribution in [0.5, 0.6) is 5.88 Å². The first-order chi connectivity index (χ1) is 8.74. The third kappa shape index (κ3) is 4.98. The minimum Gasteiger partial charge on any atom is -0.477 e. The van der Waals surface area contributed by atoms with E-state index in [0.29, 0.717) is 18.5 Å². The maximum Gasteiger partial charge on any atom is 0.233 e. The summed E-state index contributed by atoms with van der Waals surface area (Å²) in [5.41, 5.74) is 0.975. The average Bonchev–Trinajstić information content (AvgIpc) is 3.17. The number of hydrogen-bond donors (Lipinski definition) is 1. The molecule has 0 amide bonds. The zero-order chi connectivity index (χ0) is 12.8. The number of nitrogens with zero attached hydrogens (tertiary/aromatic N) is 3. The van der Waals surface area contributed by atoms with Gasteiger partial charge in [-0.1, -0.05) is 0 Å². The fourth-order valence-electron chi connectivity index (χ4n) is 1.61. The molecular weight excluding hydrogens is 228 g/mol. The van der Waals surface area contributed by atoms with Crippen LogP contribution >= 0.6 is 0 Å². The highest BCUT2D eigenvalue weighted by molar-refractivity contribution is 5.11. The van der Waals surface area contributed by atoms with Crippen molar-refractivity contribution < 1.29 is 4.74 Å². The van der Waals surface area contributed by atoms with Crippen molar-refractivity contribution >= 4 is 0 Å². The van der Waals surface area contributed by atoms with Gasteiger partial charge < -0.3 is 15.0 Å². The van der Waals surface area contributed by atoms with Gasteiger partial charge in [-0.05, 0) is 39.4 Å². The molecule has 1 aromatic rings. The van der Waals surface area contributed by atoms with Crippen LogP contribution in [-0.2, 0) is 6.54 Å². The van der Waals surface area contributed by atoms with E-state index >= 15 is 0 Å². The summed E-state index contributed by atoms with van der Waals surface area (Å²) in [6.45, 7) is 2.52. The fraction of sp³-hybridized carbons (Fsp3) is 0.692. The van der Waals surface area contributed by atoms with Gasteiger partial charge in [0.25, 0.3) is 0 Å². The maximum atomic E-state index is 5.53. The molecule has 5 heteroatoms. The van der Waals surface area contributed by atoms with Crippen LogP contribution in [0.25, 0.3) is 0 Å². The van der Waals surface area contributed by atoms with Gasteiger partial charge in [-0.2, -0.15) is 5.10 Å². The van der Waals surface area contributed by atoms with Crippen molar-refractivity contribution in [3.63, 3.8) is 0 Å². The molecule has 1 aliphatic rings. The van der Waals surface area contributed by atoms with Crippen LogP contribution in [-0.4, -0.2) is 48.4 Å². The Balaban J connectivity index is 1.66. The standard InChI is InChI=1S/C13H22N4O/c1-17(2)8-3-9-18-13-7-6-12(15-16-13)10-14-11-4-5-11/h6-7,11,14H,3-5,8-10H2,1-2H3. The normalized spacial score (nSPS) is 15.1. The van der Waals surface area contributed by atoms with Crippen molar-refractivity contribution in [3.05, 3.63) is 17.8 Å². The molecule has 0 aromatic carbocycles. The van der Waals surface area contributed by atoms with Crippen LogP contribution in [0.15, 0.2) is 12.1 Å². The summed E-state index contributed by atoms with van der Waals surface area (Å²) in [4.78, 5) is 2.14. The second-order valence-electron chi connectivity index (χ2n) is 5.02. The maximum absolute atomic E-state index is 5.53. The Bertz CT molecular complexity index is 349. The van der Waals surface area contributed by atoms with Gasteiger partial charge in [0.05, 0.1) is 12.3 Å². The summed E-state index contributed by atoms with van der Waals surface area (Å²) in [5, 5.41) is 11.6. The minimum absolute atomic E-state index is 0.615. The third-order valence-corrected chi connectivity index (χ3v) is 2.84. The molecule has 1 fully saturated rings. The van der Waals surface area contributed by atoms with Crippen molar-refractivity contribution in [3.8, 4) is 5.88 Å². The summed E-state index contributed by atoms with van der Waals surface area (Å²) in [6, 6.07) is 4.57. The van der Waals surface area contributed by atoms with Crippen LogP contribution in [0, 0.1) is 0 Å². The molecule has 2 rings (SSSR count). The molecule has 5 nitrogen and oxygen atoms in total. The fourth-order valence-corrected chi connectivity index (χ4v) is 1.61. The summed E-state index contributed by atoms with van der Waals surface area (Å²) in [5.74, 6) is 0.615. The molecule has 1 saturated carbocycles. The van der Waals surface area contributed by atoms with E-state index in [0.717, 1.165) is 25.2 Å². The SMILES string of the molecule is CN(C)CCCOc1ccc(CNC2CC2)nn1. The van der Waals surface area contributed by atoms with E-state index in [1.54, 1.807) is 0 Å². The molecule has 1 aliphatic carbocycles. The van der Waals surface area contributed by atoms with Crippen molar-refractivity contribution in [2.45, 2.75) is 31.8 Å². The van der Waals surface area contributed by atoms with Gasteiger partial charge in [0, 0.05) is 25.2 Å². The number of hydrogen-bond acceptors (Lipinski definition) is 5. The Labute approximate surface area is 109 Å². The van der Waals surface area contributed by atoms with Crippen molar-refractivity contribution in [1.29, 1.82) is 0 Å². The predicted octanol–water partition coefficient (Wildman–Crippen LogP) is 1.06. The molecule has 0 bridgehead atoms. The number of ether oxygens (including phenoxy) is 1. The molecule has 0 spiro atoms. The first kappa shape index (κ1) is 13.2. The summed E-state index contributed by atoms with van der Waals surface area (Å²) >= 11 is 0. The van der Waals surface area contributed by atoms with Crippen LogP contribution < -0.4 is 10.1 Å². The molecule has 100 valence electrons. The molecule has 1 heterocycles. The molecule has 0 saturated heterocycles. The molecule has 1 aromatic heterocycles. The van der Waals surface area contributed by atoms with Gasteiger partial charge in [0.15, 0.2) is 0 Å². The van der Waals surface area contributed by atoms with Gasteiger partial charge in [-0.15, -0.1) is 5.10 Å². The van der Waals surface area contributed by atoms with E-state index in [1.165, 1.54) is 12.8 Å². The molecule has 0 unspecified atom stereocenters. The second-order valence-corrected chi connectivity index (χ2v) is 5.02. The van der Waals surface area contributed by atoms with E-state index in [-0.39, 0.29) is 0 Å². The molecule has 0 atom stereocenters. The van der Waals surface area contributed by atoms with E-state index < -0.39 is 0 Å². The first-order valence-electron chi connectivity index (χ1n) is 6.57. The summed E-state index contributed by atoms with van der Waals surface area (Å²) < 4.78 is 5.53. The smallest absolute Gasteiger partial charge is 0.233 e. The van der Waals surface area contributed by atoms with Crippen LogP contribution in [0.4, 0.5) is 0 Å². The van der Waals surface area contributed by atoms with E-state index in [4.69, 9.17) is 4.74 Å². The molecule has 0 aliphatic heterocycles. The van der Waals surface area contributed by atoms with Gasteiger partial charge in [-0.25, -0.2) is 0 Å². The lowest BCUT2D eigenvalue weighted by Crippen LogP contribution is -2.17. The number of rotatable bonds is 8. The van der Waals surface area contributed by atoms with Gasteiger partial charge in [-0.3, -0.25) is 0 Å². The Morgan fingerprint density at radius 1 is 1.33 bits per heavy atom. The molecule has 18 heavy (non-hydrogen) atoms. The lowest BCUT2D eigenvalue weighted by atomic mass is 10.4. The van der Waals surface area contributed by atoms with Gasteiger partial charge >= 0.3 is 0 Å². The second kappa shape index (κ2) is 6.66. The molecule has 0 radical (unpaired) electrons. The largest absolute Gasteiger partial charge is 0.477 e. The van der Waals surface area contributed by atoms with E-state index in [2.05, 4.69) is 34.5 Å². The van der Waals surface area contributed by atoms with Gasteiger partial charge in [0.1, 0.15) is 0 Å². The Kier molecular flexibility index (Phi) is 4.90. The quantitative estimate of drug-likeness (QED) is 0.699. The zero-order valence-electron chi connectivity index (χ0n) is 11.2. The highest BCUT2D eigenvalue weighted by atomic mass is 16.5.